The van der Waals surface area contributed by atoms with E-state index in [-0.39, 0.29) is 17.2 Å². The SMILES string of the molecule is Cc1cc(OC(F)(F)F)cc(CC#N)c1Cl. The second-order valence-electron chi connectivity index (χ2n) is 3.10. The summed E-state index contributed by atoms with van der Waals surface area (Å²) >= 11 is 5.83. The molecule has 0 N–H and O–H groups in total. The molecule has 86 valence electrons. The normalized spacial score (nSPS) is 11.0. The van der Waals surface area contributed by atoms with Gasteiger partial charge in [-0.3, -0.25) is 0 Å². The minimum absolute atomic E-state index is 0.0608. The van der Waals surface area contributed by atoms with Crippen molar-refractivity contribution in [1.82, 2.24) is 0 Å². The van der Waals surface area contributed by atoms with Gasteiger partial charge >= 0.3 is 6.36 Å². The third kappa shape index (κ3) is 3.31. The van der Waals surface area contributed by atoms with Crippen LogP contribution >= 0.6 is 11.6 Å². The minimum Gasteiger partial charge on any atom is -0.406 e. The molecule has 0 saturated heterocycles. The summed E-state index contributed by atoms with van der Waals surface area (Å²) in [6.45, 7) is 1.55. The topological polar surface area (TPSA) is 33.0 Å². The zero-order chi connectivity index (χ0) is 12.3. The number of alkyl halides is 3. The van der Waals surface area contributed by atoms with Crippen LogP contribution in [0.2, 0.25) is 5.02 Å². The van der Waals surface area contributed by atoms with Crippen LogP contribution in [0.25, 0.3) is 0 Å². The molecule has 0 aliphatic rings. The van der Waals surface area contributed by atoms with Gasteiger partial charge in [0, 0.05) is 5.02 Å². The summed E-state index contributed by atoms with van der Waals surface area (Å²) in [5, 5.41) is 8.77. The van der Waals surface area contributed by atoms with E-state index in [4.69, 9.17) is 16.9 Å². The molecule has 1 rings (SSSR count). The number of rotatable bonds is 2. The molecule has 0 bridgehead atoms. The molecule has 0 amide bonds. The molecule has 1 aromatic rings. The molecule has 2 nitrogen and oxygen atoms in total. The largest absolute Gasteiger partial charge is 0.573 e. The fourth-order valence-corrected chi connectivity index (χ4v) is 1.39. The number of nitrogens with zero attached hydrogens (tertiary/aromatic N) is 1. The number of nitriles is 1. The predicted molar refractivity (Wildman–Crippen MR) is 52.2 cm³/mol. The molecule has 16 heavy (non-hydrogen) atoms. The van der Waals surface area contributed by atoms with Gasteiger partial charge in [-0.2, -0.15) is 5.26 Å². The van der Waals surface area contributed by atoms with E-state index in [0.29, 0.717) is 11.1 Å². The summed E-state index contributed by atoms with van der Waals surface area (Å²) in [6.07, 6.45) is -4.81. The first-order valence-electron chi connectivity index (χ1n) is 4.25. The average molecular weight is 250 g/mol. The molecular weight excluding hydrogens is 243 g/mol. The predicted octanol–water partition coefficient (Wildman–Crippen LogP) is 3.61. The fraction of sp³-hybridized carbons (Fsp3) is 0.300. The van der Waals surface area contributed by atoms with E-state index in [1.165, 1.54) is 6.07 Å². The molecule has 0 aliphatic heterocycles. The molecule has 1 aromatic carbocycles. The van der Waals surface area contributed by atoms with E-state index in [2.05, 4.69) is 4.74 Å². The highest BCUT2D eigenvalue weighted by Crippen LogP contribution is 2.30. The zero-order valence-electron chi connectivity index (χ0n) is 8.23. The van der Waals surface area contributed by atoms with Crippen molar-refractivity contribution in [2.45, 2.75) is 19.7 Å². The minimum atomic E-state index is -4.75. The summed E-state index contributed by atoms with van der Waals surface area (Å²) in [5.74, 6) is -0.361. The highest BCUT2D eigenvalue weighted by molar-refractivity contribution is 6.32. The van der Waals surface area contributed by atoms with Crippen LogP contribution in [-0.2, 0) is 6.42 Å². The van der Waals surface area contributed by atoms with Gasteiger partial charge in [0.05, 0.1) is 12.5 Å². The molecule has 0 aromatic heterocycles. The Morgan fingerprint density at radius 2 is 2.06 bits per heavy atom. The quantitative estimate of drug-likeness (QED) is 0.802. The Kier molecular flexibility index (Phi) is 3.66. The zero-order valence-corrected chi connectivity index (χ0v) is 8.99. The summed E-state index contributed by atoms with van der Waals surface area (Å²) < 4.78 is 39.7. The highest BCUT2D eigenvalue weighted by atomic mass is 35.5. The Bertz CT molecular complexity index is 437. The molecule has 0 atom stereocenters. The maximum atomic E-state index is 12.0. The van der Waals surface area contributed by atoms with Crippen molar-refractivity contribution in [3.05, 3.63) is 28.3 Å². The highest BCUT2D eigenvalue weighted by Gasteiger charge is 2.31. The number of halogens is 4. The van der Waals surface area contributed by atoms with Crippen LogP contribution in [-0.4, -0.2) is 6.36 Å². The lowest BCUT2D eigenvalue weighted by Gasteiger charge is -2.12. The van der Waals surface area contributed by atoms with Crippen molar-refractivity contribution < 1.29 is 17.9 Å². The third-order valence-corrected chi connectivity index (χ3v) is 2.35. The van der Waals surface area contributed by atoms with E-state index >= 15 is 0 Å². The van der Waals surface area contributed by atoms with Crippen molar-refractivity contribution >= 4 is 11.6 Å². The monoisotopic (exact) mass is 249 g/mol. The molecule has 0 fully saturated rings. The number of ether oxygens (including phenoxy) is 1. The number of hydrogen-bond donors (Lipinski definition) is 0. The lowest BCUT2D eigenvalue weighted by atomic mass is 10.1. The van der Waals surface area contributed by atoms with Gasteiger partial charge in [0.1, 0.15) is 5.75 Å². The Morgan fingerprint density at radius 3 is 2.56 bits per heavy atom. The maximum Gasteiger partial charge on any atom is 0.573 e. The van der Waals surface area contributed by atoms with Crippen LogP contribution in [0.5, 0.6) is 5.75 Å². The molecule has 0 heterocycles. The maximum absolute atomic E-state index is 12.0. The molecule has 0 saturated carbocycles. The van der Waals surface area contributed by atoms with Crippen LogP contribution in [0.4, 0.5) is 13.2 Å². The third-order valence-electron chi connectivity index (χ3n) is 1.81. The first-order valence-corrected chi connectivity index (χ1v) is 4.63. The first-order chi connectivity index (χ1) is 7.33. The second-order valence-corrected chi connectivity index (χ2v) is 3.47. The lowest BCUT2D eigenvalue weighted by Crippen LogP contribution is -2.17. The van der Waals surface area contributed by atoms with Crippen LogP contribution in [0.1, 0.15) is 11.1 Å². The number of hydrogen-bond acceptors (Lipinski definition) is 2. The number of benzene rings is 1. The van der Waals surface area contributed by atoms with Crippen molar-refractivity contribution in [2.24, 2.45) is 0 Å². The Morgan fingerprint density at radius 1 is 1.44 bits per heavy atom. The smallest absolute Gasteiger partial charge is 0.406 e. The molecule has 0 spiro atoms. The van der Waals surface area contributed by atoms with E-state index in [9.17, 15) is 13.2 Å². The lowest BCUT2D eigenvalue weighted by molar-refractivity contribution is -0.274. The van der Waals surface area contributed by atoms with Crippen molar-refractivity contribution in [1.29, 1.82) is 5.26 Å². The van der Waals surface area contributed by atoms with Gasteiger partial charge < -0.3 is 4.74 Å². The summed E-state index contributed by atoms with van der Waals surface area (Å²) in [6, 6.07) is 4.12. The Labute approximate surface area is 95.2 Å². The number of aryl methyl sites for hydroxylation is 1. The molecular formula is C10H7ClF3NO. The van der Waals surface area contributed by atoms with Crippen LogP contribution in [0.3, 0.4) is 0 Å². The van der Waals surface area contributed by atoms with Gasteiger partial charge in [0.15, 0.2) is 0 Å². The van der Waals surface area contributed by atoms with Gasteiger partial charge in [-0.25, -0.2) is 0 Å². The van der Waals surface area contributed by atoms with Crippen molar-refractivity contribution in [2.75, 3.05) is 0 Å². The molecule has 0 aliphatic carbocycles. The van der Waals surface area contributed by atoms with Gasteiger partial charge in [-0.15, -0.1) is 13.2 Å². The van der Waals surface area contributed by atoms with Crippen molar-refractivity contribution in [3.63, 3.8) is 0 Å². The van der Waals surface area contributed by atoms with Gasteiger partial charge in [-0.05, 0) is 30.2 Å². The fourth-order valence-electron chi connectivity index (χ4n) is 1.21. The second kappa shape index (κ2) is 4.62. The van der Waals surface area contributed by atoms with Gasteiger partial charge in [-0.1, -0.05) is 11.6 Å². The Hall–Kier alpha value is -1.41. The van der Waals surface area contributed by atoms with Crippen LogP contribution < -0.4 is 4.74 Å². The first kappa shape index (κ1) is 12.7. The van der Waals surface area contributed by atoms with Crippen LogP contribution in [0.15, 0.2) is 12.1 Å². The summed E-state index contributed by atoms with van der Waals surface area (Å²) in [7, 11) is 0. The average Bonchev–Trinajstić information content (AvgIpc) is 2.11. The molecule has 6 heteroatoms. The standard InChI is InChI=1S/C10H7ClF3NO/c1-6-4-8(16-10(12,13)14)5-7(2-3-15)9(6)11/h4-5H,2H2,1H3. The van der Waals surface area contributed by atoms with E-state index in [1.807, 2.05) is 6.07 Å². The summed E-state index contributed by atoms with van der Waals surface area (Å²) in [4.78, 5) is 0. The summed E-state index contributed by atoms with van der Waals surface area (Å²) in [5.41, 5.74) is 0.761. The molecule has 0 unspecified atom stereocenters. The van der Waals surface area contributed by atoms with Crippen molar-refractivity contribution in [3.8, 4) is 11.8 Å². The van der Waals surface area contributed by atoms with E-state index in [1.54, 1.807) is 6.92 Å². The van der Waals surface area contributed by atoms with Gasteiger partial charge in [0.25, 0.3) is 0 Å². The van der Waals surface area contributed by atoms with Gasteiger partial charge in [0.2, 0.25) is 0 Å². The van der Waals surface area contributed by atoms with E-state index < -0.39 is 6.36 Å². The Balaban J connectivity index is 3.10. The van der Waals surface area contributed by atoms with Crippen LogP contribution in [0, 0.1) is 18.3 Å². The molecule has 0 radical (unpaired) electrons. The van der Waals surface area contributed by atoms with E-state index in [0.717, 1.165) is 6.07 Å².